The zero-order chi connectivity index (χ0) is 11.7. The molecule has 0 bridgehead atoms. The summed E-state index contributed by atoms with van der Waals surface area (Å²) in [6.45, 7) is 0. The molecule has 0 aliphatic carbocycles. The topological polar surface area (TPSA) is 112 Å². The average molecular weight is 308 g/mol. The summed E-state index contributed by atoms with van der Waals surface area (Å²) in [6, 6.07) is 0. The normalized spacial score (nSPS) is 17.3. The third kappa shape index (κ3) is 2.74. The van der Waals surface area contributed by atoms with Gasteiger partial charge in [0.05, 0.1) is 4.21 Å². The third-order valence-corrected chi connectivity index (χ3v) is 5.95. The standard InChI is InChI=1S/C4H4O6S5/c5-13(6)1-2(14(7)8)4(15(9)10)12-3(1)11/h11H,(H,5,6)(H,7,8)(H,9,10). The van der Waals surface area contributed by atoms with Crippen molar-refractivity contribution in [2.75, 3.05) is 0 Å². The first-order valence-corrected chi connectivity index (χ1v) is 7.63. The van der Waals surface area contributed by atoms with Crippen LogP contribution in [0.3, 0.4) is 0 Å². The van der Waals surface area contributed by atoms with Crippen molar-refractivity contribution in [3.05, 3.63) is 0 Å². The highest BCUT2D eigenvalue weighted by Crippen LogP contribution is 2.37. The first-order chi connectivity index (χ1) is 6.86. The highest BCUT2D eigenvalue weighted by Gasteiger charge is 2.27. The van der Waals surface area contributed by atoms with Gasteiger partial charge in [-0.1, -0.05) is 0 Å². The first kappa shape index (κ1) is 13.4. The van der Waals surface area contributed by atoms with Gasteiger partial charge >= 0.3 is 0 Å². The molecule has 1 heterocycles. The van der Waals surface area contributed by atoms with Crippen molar-refractivity contribution >= 4 is 57.2 Å². The van der Waals surface area contributed by atoms with Gasteiger partial charge in [-0.15, -0.1) is 24.0 Å². The van der Waals surface area contributed by atoms with Gasteiger partial charge < -0.3 is 13.7 Å². The molecule has 0 saturated heterocycles. The van der Waals surface area contributed by atoms with Crippen LogP contribution in [0, 0.1) is 0 Å². The minimum absolute atomic E-state index is 0.0365. The van der Waals surface area contributed by atoms with Gasteiger partial charge in [-0.25, -0.2) is 12.6 Å². The summed E-state index contributed by atoms with van der Waals surface area (Å²) in [5.74, 6) is 0. The van der Waals surface area contributed by atoms with E-state index < -0.39 is 43.0 Å². The summed E-state index contributed by atoms with van der Waals surface area (Å²) < 4.78 is 58.6. The van der Waals surface area contributed by atoms with E-state index in [4.69, 9.17) is 13.7 Å². The van der Waals surface area contributed by atoms with Crippen LogP contribution in [-0.2, 0) is 33.2 Å². The second-order valence-corrected chi connectivity index (χ2v) is 6.85. The van der Waals surface area contributed by atoms with Crippen LogP contribution in [0.15, 0.2) is 18.2 Å². The molecule has 15 heavy (non-hydrogen) atoms. The number of hydrogen-bond acceptors (Lipinski definition) is 5. The van der Waals surface area contributed by atoms with Gasteiger partial charge in [0, 0.05) is 0 Å². The fraction of sp³-hybridized carbons (Fsp3) is 0. The Morgan fingerprint density at radius 2 is 1.40 bits per heavy atom. The van der Waals surface area contributed by atoms with Gasteiger partial charge in [0.15, 0.2) is 33.2 Å². The van der Waals surface area contributed by atoms with E-state index in [0.717, 1.165) is 0 Å². The van der Waals surface area contributed by atoms with Crippen LogP contribution in [0.4, 0.5) is 0 Å². The Hall–Kier alpha value is 0.380. The molecule has 6 nitrogen and oxygen atoms in total. The van der Waals surface area contributed by atoms with Crippen LogP contribution < -0.4 is 0 Å². The van der Waals surface area contributed by atoms with Crippen molar-refractivity contribution in [3.63, 3.8) is 0 Å². The van der Waals surface area contributed by atoms with Gasteiger partial charge in [0.1, 0.15) is 14.0 Å². The van der Waals surface area contributed by atoms with Crippen molar-refractivity contribution in [2.24, 2.45) is 0 Å². The number of thiol groups is 1. The van der Waals surface area contributed by atoms with E-state index in [1.807, 2.05) is 0 Å². The van der Waals surface area contributed by atoms with Crippen molar-refractivity contribution in [1.82, 2.24) is 0 Å². The molecular weight excluding hydrogens is 304 g/mol. The van der Waals surface area contributed by atoms with Crippen molar-refractivity contribution in [3.8, 4) is 0 Å². The molecule has 0 aliphatic rings. The molecule has 86 valence electrons. The molecule has 0 aliphatic heterocycles. The highest BCUT2D eigenvalue weighted by molar-refractivity contribution is 7.88. The second kappa shape index (κ2) is 5.14. The van der Waals surface area contributed by atoms with Crippen LogP contribution in [0.5, 0.6) is 0 Å². The lowest BCUT2D eigenvalue weighted by atomic mass is 10.6. The third-order valence-electron chi connectivity index (χ3n) is 1.28. The minimum atomic E-state index is -2.62. The van der Waals surface area contributed by atoms with E-state index in [2.05, 4.69) is 12.6 Å². The molecule has 0 aromatic carbocycles. The Labute approximate surface area is 101 Å². The molecule has 1 aromatic rings. The zero-order valence-electron chi connectivity index (χ0n) is 6.65. The van der Waals surface area contributed by atoms with E-state index in [0.29, 0.717) is 11.3 Å². The maximum atomic E-state index is 10.9. The lowest BCUT2D eigenvalue weighted by Gasteiger charge is -1.97. The smallest absolute Gasteiger partial charge is 0.198 e. The fourth-order valence-electron chi connectivity index (χ4n) is 0.790. The van der Waals surface area contributed by atoms with Crippen molar-refractivity contribution in [1.29, 1.82) is 0 Å². The Bertz CT molecular complexity index is 462. The van der Waals surface area contributed by atoms with Crippen LogP contribution in [-0.4, -0.2) is 26.3 Å². The van der Waals surface area contributed by atoms with Gasteiger partial charge in [0.25, 0.3) is 0 Å². The first-order valence-electron chi connectivity index (χ1n) is 3.04. The van der Waals surface area contributed by atoms with E-state index in [9.17, 15) is 12.6 Å². The average Bonchev–Trinajstić information content (AvgIpc) is 2.42. The number of thiophene rings is 1. The lowest BCUT2D eigenvalue weighted by Crippen LogP contribution is -1.99. The Kier molecular flexibility index (Phi) is 4.61. The maximum Gasteiger partial charge on any atom is 0.198 e. The molecule has 0 radical (unpaired) electrons. The Morgan fingerprint density at radius 3 is 1.73 bits per heavy atom. The summed E-state index contributed by atoms with van der Waals surface area (Å²) in [5.41, 5.74) is 0. The lowest BCUT2D eigenvalue weighted by molar-refractivity contribution is 0.542. The van der Waals surface area contributed by atoms with E-state index in [1.54, 1.807) is 0 Å². The van der Waals surface area contributed by atoms with Crippen LogP contribution in [0.2, 0.25) is 0 Å². The SMILES string of the molecule is O=S(O)c1sc(S)c(S(=O)O)c1S(=O)O. The van der Waals surface area contributed by atoms with Crippen molar-refractivity contribution < 1.29 is 26.3 Å². The predicted octanol–water partition coefficient (Wildman–Crippen LogP) is 0.779. The van der Waals surface area contributed by atoms with Crippen molar-refractivity contribution in [2.45, 2.75) is 18.2 Å². The van der Waals surface area contributed by atoms with Gasteiger partial charge in [-0.3, -0.25) is 0 Å². The maximum absolute atomic E-state index is 10.9. The van der Waals surface area contributed by atoms with Gasteiger partial charge in [0.2, 0.25) is 0 Å². The summed E-state index contributed by atoms with van der Waals surface area (Å²) in [7, 11) is 0. The molecule has 0 amide bonds. The second-order valence-electron chi connectivity index (χ2n) is 2.10. The van der Waals surface area contributed by atoms with Gasteiger partial charge in [-0.05, 0) is 0 Å². The summed E-state index contributed by atoms with van der Waals surface area (Å²) in [4.78, 5) is -0.923. The van der Waals surface area contributed by atoms with Crippen LogP contribution >= 0.6 is 24.0 Å². The largest absolute Gasteiger partial charge is 0.302 e. The molecule has 0 spiro atoms. The number of rotatable bonds is 3. The zero-order valence-corrected chi connectivity index (χ0v) is 10.8. The van der Waals surface area contributed by atoms with Crippen LogP contribution in [0.1, 0.15) is 0 Å². The molecule has 3 unspecified atom stereocenters. The summed E-state index contributed by atoms with van der Waals surface area (Å²) >= 11 is -3.24. The number of hydrogen-bond donors (Lipinski definition) is 4. The predicted molar refractivity (Wildman–Crippen MR) is 58.7 cm³/mol. The van der Waals surface area contributed by atoms with Gasteiger partial charge in [-0.2, -0.15) is 0 Å². The van der Waals surface area contributed by atoms with Crippen LogP contribution in [0.25, 0.3) is 0 Å². The summed E-state index contributed by atoms with van der Waals surface area (Å²) in [5, 5.41) is 0. The van der Waals surface area contributed by atoms with E-state index >= 15 is 0 Å². The quantitative estimate of drug-likeness (QED) is 0.485. The van der Waals surface area contributed by atoms with E-state index in [-0.39, 0.29) is 8.42 Å². The Balaban J connectivity index is 3.59. The molecule has 0 saturated carbocycles. The monoisotopic (exact) mass is 308 g/mol. The minimum Gasteiger partial charge on any atom is -0.302 e. The fourth-order valence-corrected chi connectivity index (χ4v) is 5.57. The molecular formula is C4H4O6S5. The molecule has 1 rings (SSSR count). The molecule has 3 N–H and O–H groups in total. The molecule has 3 atom stereocenters. The molecule has 11 heteroatoms. The highest BCUT2D eigenvalue weighted by atomic mass is 32.2. The van der Waals surface area contributed by atoms with E-state index in [1.165, 1.54) is 0 Å². The molecule has 0 fully saturated rings. The summed E-state index contributed by atoms with van der Waals surface area (Å²) in [6.07, 6.45) is 0. The Morgan fingerprint density at radius 1 is 0.933 bits per heavy atom. The molecule has 1 aromatic heterocycles.